The van der Waals surface area contributed by atoms with Crippen LogP contribution in [-0.4, -0.2) is 45.3 Å². The predicted molar refractivity (Wildman–Crippen MR) is 124 cm³/mol. The largest absolute Gasteiger partial charge is 0.491 e. The van der Waals surface area contributed by atoms with E-state index >= 15 is 0 Å². The van der Waals surface area contributed by atoms with Crippen molar-refractivity contribution in [2.24, 2.45) is 4.99 Å². The molecule has 0 radical (unpaired) electrons. The lowest BCUT2D eigenvalue weighted by molar-refractivity contribution is -0.121. The van der Waals surface area contributed by atoms with Crippen LogP contribution in [0.3, 0.4) is 0 Å². The minimum absolute atomic E-state index is 0.000402. The van der Waals surface area contributed by atoms with E-state index in [4.69, 9.17) is 9.47 Å². The number of hydrogen-bond acceptors (Lipinski definition) is 4. The van der Waals surface area contributed by atoms with Gasteiger partial charge in [-0.1, -0.05) is 42.5 Å². The molecule has 0 fully saturated rings. The topological polar surface area (TPSA) is 84.0 Å². The summed E-state index contributed by atoms with van der Waals surface area (Å²) in [4.78, 5) is 16.7. The van der Waals surface area contributed by atoms with Crippen molar-refractivity contribution in [3.05, 3.63) is 65.2 Å². The number of amides is 1. The summed E-state index contributed by atoms with van der Waals surface area (Å²) in [6.07, 6.45) is 0.368. The molecule has 2 aromatic rings. The third kappa shape index (κ3) is 9.53. The van der Waals surface area contributed by atoms with Gasteiger partial charge in [-0.2, -0.15) is 0 Å². The van der Waals surface area contributed by atoms with E-state index in [1.165, 1.54) is 0 Å². The number of aliphatic imine (C=N–C) groups is 1. The molecule has 31 heavy (non-hydrogen) atoms. The van der Waals surface area contributed by atoms with E-state index in [1.54, 1.807) is 7.11 Å². The Morgan fingerprint density at radius 3 is 2.58 bits per heavy atom. The Bertz CT molecular complexity index is 825. The zero-order valence-electron chi connectivity index (χ0n) is 18.7. The molecule has 0 spiro atoms. The van der Waals surface area contributed by atoms with E-state index < -0.39 is 0 Å². The van der Waals surface area contributed by atoms with E-state index in [-0.39, 0.29) is 5.91 Å². The van der Waals surface area contributed by atoms with Crippen LogP contribution in [0, 0.1) is 6.92 Å². The summed E-state index contributed by atoms with van der Waals surface area (Å²) < 4.78 is 10.9. The first-order chi connectivity index (χ1) is 15.1. The van der Waals surface area contributed by atoms with Crippen molar-refractivity contribution >= 4 is 11.9 Å². The first-order valence-corrected chi connectivity index (χ1v) is 10.7. The molecule has 0 aliphatic carbocycles. The number of nitrogens with one attached hydrogen (secondary N) is 3. The van der Waals surface area contributed by atoms with Gasteiger partial charge in [0.1, 0.15) is 12.4 Å². The Kier molecular flexibility index (Phi) is 11.0. The number of aryl methyl sites for hydroxylation is 1. The lowest BCUT2D eigenvalue weighted by atomic mass is 10.1. The lowest BCUT2D eigenvalue weighted by Gasteiger charge is -2.13. The molecule has 0 atom stereocenters. The zero-order valence-corrected chi connectivity index (χ0v) is 18.7. The fraction of sp³-hybridized carbons (Fsp3) is 0.417. The molecule has 3 N–H and O–H groups in total. The Hall–Kier alpha value is -3.06. The van der Waals surface area contributed by atoms with Gasteiger partial charge < -0.3 is 25.4 Å². The molecule has 0 saturated heterocycles. The Morgan fingerprint density at radius 2 is 1.84 bits per heavy atom. The van der Waals surface area contributed by atoms with Crippen molar-refractivity contribution in [2.45, 2.75) is 33.4 Å². The molecule has 0 aromatic heterocycles. The molecule has 7 nitrogen and oxygen atoms in total. The van der Waals surface area contributed by atoms with Gasteiger partial charge in [-0.25, -0.2) is 4.99 Å². The monoisotopic (exact) mass is 426 g/mol. The van der Waals surface area contributed by atoms with E-state index in [0.29, 0.717) is 45.2 Å². The van der Waals surface area contributed by atoms with Gasteiger partial charge in [-0.15, -0.1) is 0 Å². The van der Waals surface area contributed by atoms with Crippen molar-refractivity contribution in [1.82, 2.24) is 16.0 Å². The smallest absolute Gasteiger partial charge is 0.222 e. The van der Waals surface area contributed by atoms with Gasteiger partial charge in [0.15, 0.2) is 5.96 Å². The summed E-state index contributed by atoms with van der Waals surface area (Å²) in [7, 11) is 1.65. The molecule has 0 aliphatic rings. The highest BCUT2D eigenvalue weighted by atomic mass is 16.5. The maximum absolute atomic E-state index is 12.1. The molecular formula is C24H34N4O3. The molecule has 168 valence electrons. The fourth-order valence-electron chi connectivity index (χ4n) is 2.85. The van der Waals surface area contributed by atoms with Crippen LogP contribution in [0.25, 0.3) is 0 Å². The maximum Gasteiger partial charge on any atom is 0.222 e. The summed E-state index contributed by atoms with van der Waals surface area (Å²) in [5.74, 6) is 1.48. The molecule has 1 amide bonds. The first kappa shape index (κ1) is 24.2. The third-order valence-electron chi connectivity index (χ3n) is 4.50. The van der Waals surface area contributed by atoms with Gasteiger partial charge in [0.05, 0.1) is 13.2 Å². The molecule has 0 bridgehead atoms. The average molecular weight is 427 g/mol. The highest BCUT2D eigenvalue weighted by Gasteiger charge is 2.06. The number of carbonyl (C=O) groups is 1. The molecule has 0 unspecified atom stereocenters. The second-order valence-electron chi connectivity index (χ2n) is 7.09. The quantitative estimate of drug-likeness (QED) is 0.276. The van der Waals surface area contributed by atoms with Gasteiger partial charge in [0.25, 0.3) is 0 Å². The van der Waals surface area contributed by atoms with Crippen LogP contribution >= 0.6 is 0 Å². The molecular weight excluding hydrogens is 392 g/mol. The predicted octanol–water partition coefficient (Wildman–Crippen LogP) is 2.78. The van der Waals surface area contributed by atoms with Crippen LogP contribution in [0.2, 0.25) is 0 Å². The molecule has 0 aliphatic heterocycles. The van der Waals surface area contributed by atoms with Crippen LogP contribution in [0.1, 0.15) is 30.0 Å². The number of carbonyl (C=O) groups excluding carboxylic acids is 1. The van der Waals surface area contributed by atoms with Gasteiger partial charge in [0, 0.05) is 38.7 Å². The number of benzene rings is 2. The van der Waals surface area contributed by atoms with Crippen molar-refractivity contribution in [3.8, 4) is 5.75 Å². The summed E-state index contributed by atoms with van der Waals surface area (Å²) in [6, 6.07) is 16.0. The number of guanidine groups is 1. The molecule has 0 saturated carbocycles. The van der Waals surface area contributed by atoms with Gasteiger partial charge in [-0.3, -0.25) is 4.79 Å². The highest BCUT2D eigenvalue weighted by Crippen LogP contribution is 2.21. The number of methoxy groups -OCH3 is 1. The number of hydrogen-bond donors (Lipinski definition) is 3. The number of rotatable bonds is 12. The second kappa shape index (κ2) is 14.0. The second-order valence-corrected chi connectivity index (χ2v) is 7.09. The Labute approximate surface area is 185 Å². The fourth-order valence-corrected chi connectivity index (χ4v) is 2.85. The van der Waals surface area contributed by atoms with Crippen molar-refractivity contribution in [3.63, 3.8) is 0 Å². The third-order valence-corrected chi connectivity index (χ3v) is 4.50. The summed E-state index contributed by atoms with van der Waals surface area (Å²) in [5.41, 5.74) is 3.21. The lowest BCUT2D eigenvalue weighted by Crippen LogP contribution is -2.39. The first-order valence-electron chi connectivity index (χ1n) is 10.7. The number of nitrogens with zero attached hydrogens (tertiary/aromatic N) is 1. The van der Waals surface area contributed by atoms with E-state index in [9.17, 15) is 4.79 Å². The number of ether oxygens (including phenoxy) is 2. The SMILES string of the molecule is CCNC(=NCc1ccc(C)cc1OCCOC)NCCC(=O)NCc1ccccc1. The van der Waals surface area contributed by atoms with Crippen molar-refractivity contribution in [1.29, 1.82) is 0 Å². The van der Waals surface area contributed by atoms with Crippen molar-refractivity contribution < 1.29 is 14.3 Å². The Morgan fingerprint density at radius 1 is 1.03 bits per heavy atom. The highest BCUT2D eigenvalue weighted by molar-refractivity contribution is 5.81. The minimum Gasteiger partial charge on any atom is -0.491 e. The van der Waals surface area contributed by atoms with E-state index in [2.05, 4.69) is 20.9 Å². The average Bonchev–Trinajstić information content (AvgIpc) is 2.78. The molecule has 2 aromatic carbocycles. The van der Waals surface area contributed by atoms with Crippen LogP contribution in [0.5, 0.6) is 5.75 Å². The molecule has 7 heteroatoms. The van der Waals surface area contributed by atoms with Crippen LogP contribution in [0.4, 0.5) is 0 Å². The normalized spacial score (nSPS) is 11.1. The summed E-state index contributed by atoms with van der Waals surface area (Å²) in [6.45, 7) is 7.31. The van der Waals surface area contributed by atoms with E-state index in [1.807, 2.05) is 62.4 Å². The van der Waals surface area contributed by atoms with Crippen molar-refractivity contribution in [2.75, 3.05) is 33.4 Å². The van der Waals surface area contributed by atoms with E-state index in [0.717, 1.165) is 29.0 Å². The zero-order chi connectivity index (χ0) is 22.3. The minimum atomic E-state index is -0.000402. The maximum atomic E-state index is 12.1. The molecule has 0 heterocycles. The van der Waals surface area contributed by atoms with Crippen LogP contribution in [-0.2, 0) is 22.6 Å². The van der Waals surface area contributed by atoms with Crippen LogP contribution < -0.4 is 20.7 Å². The van der Waals surface area contributed by atoms with Gasteiger partial charge in [-0.05, 0) is 31.0 Å². The van der Waals surface area contributed by atoms with Gasteiger partial charge in [0.2, 0.25) is 5.91 Å². The van der Waals surface area contributed by atoms with Gasteiger partial charge >= 0.3 is 0 Å². The standard InChI is InChI=1S/C24H34N4O3/c1-4-25-24(26-13-12-23(29)27-17-20-8-6-5-7-9-20)28-18-21-11-10-19(2)16-22(21)31-15-14-30-3/h5-11,16H,4,12-15,17-18H2,1-3H3,(H,27,29)(H2,25,26,28). The summed E-state index contributed by atoms with van der Waals surface area (Å²) in [5, 5.41) is 9.37. The summed E-state index contributed by atoms with van der Waals surface area (Å²) >= 11 is 0. The molecule has 2 rings (SSSR count). The Balaban J connectivity index is 1.85. The van der Waals surface area contributed by atoms with Crippen LogP contribution in [0.15, 0.2) is 53.5 Å².